The minimum Gasteiger partial charge on any atom is -0.486 e. The third-order valence-electron chi connectivity index (χ3n) is 4.05. The zero-order valence-corrected chi connectivity index (χ0v) is 16.0. The second kappa shape index (κ2) is 8.81. The second-order valence-electron chi connectivity index (χ2n) is 5.99. The van der Waals surface area contributed by atoms with Crippen LogP contribution < -0.4 is 14.8 Å². The monoisotopic (exact) mass is 387 g/mol. The lowest BCUT2D eigenvalue weighted by Gasteiger charge is -2.19. The van der Waals surface area contributed by atoms with Crippen molar-refractivity contribution in [2.24, 2.45) is 0 Å². The molecule has 2 aromatic carbocycles. The zero-order chi connectivity index (χ0) is 19.2. The summed E-state index contributed by atoms with van der Waals surface area (Å²) < 4.78 is 15.7. The Labute approximate surface area is 162 Å². The summed E-state index contributed by atoms with van der Waals surface area (Å²) >= 11 is 1.52. The summed E-state index contributed by atoms with van der Waals surface area (Å²) in [5.74, 6) is 1.56. The van der Waals surface area contributed by atoms with Gasteiger partial charge >= 0.3 is 5.97 Å². The van der Waals surface area contributed by atoms with Crippen molar-refractivity contribution < 1.29 is 23.8 Å². The van der Waals surface area contributed by atoms with Gasteiger partial charge in [-0.25, -0.2) is 4.79 Å². The fourth-order valence-electron chi connectivity index (χ4n) is 2.52. The molecule has 0 fully saturated rings. The molecule has 0 radical (unpaired) electrons. The first-order chi connectivity index (χ1) is 13.1. The number of carbonyl (C=O) groups excluding carboxylic acids is 2. The molecule has 142 valence electrons. The molecule has 1 aliphatic rings. The SMILES string of the molecule is COC(=O)c1ccc(CSC(C)C(=O)Nc2ccc3c(c2)OCCO3)cc1. The van der Waals surface area contributed by atoms with Gasteiger partial charge in [0.15, 0.2) is 11.5 Å². The van der Waals surface area contributed by atoms with Gasteiger partial charge < -0.3 is 19.5 Å². The summed E-state index contributed by atoms with van der Waals surface area (Å²) in [5.41, 5.74) is 2.22. The van der Waals surface area contributed by atoms with Crippen LogP contribution in [-0.4, -0.2) is 37.4 Å². The number of ether oxygens (including phenoxy) is 3. The fourth-order valence-corrected chi connectivity index (χ4v) is 3.36. The minimum absolute atomic E-state index is 0.0807. The van der Waals surface area contributed by atoms with E-state index in [0.29, 0.717) is 41.7 Å². The molecule has 1 N–H and O–H groups in total. The highest BCUT2D eigenvalue weighted by atomic mass is 32.2. The maximum atomic E-state index is 12.4. The lowest BCUT2D eigenvalue weighted by atomic mass is 10.1. The van der Waals surface area contributed by atoms with E-state index in [1.54, 1.807) is 30.3 Å². The van der Waals surface area contributed by atoms with Gasteiger partial charge in [0.1, 0.15) is 13.2 Å². The van der Waals surface area contributed by atoms with Gasteiger partial charge in [-0.15, -0.1) is 11.8 Å². The Morgan fingerprint density at radius 2 is 1.81 bits per heavy atom. The Morgan fingerprint density at radius 1 is 1.11 bits per heavy atom. The number of fused-ring (bicyclic) bond motifs is 1. The van der Waals surface area contributed by atoms with Gasteiger partial charge in [-0.2, -0.15) is 0 Å². The fraction of sp³-hybridized carbons (Fsp3) is 0.300. The lowest BCUT2D eigenvalue weighted by Crippen LogP contribution is -2.23. The third-order valence-corrected chi connectivity index (χ3v) is 5.27. The molecule has 0 aromatic heterocycles. The van der Waals surface area contributed by atoms with E-state index in [1.165, 1.54) is 18.9 Å². The Bertz CT molecular complexity index is 822. The Balaban J connectivity index is 1.52. The predicted octanol–water partition coefficient (Wildman–Crippen LogP) is 3.50. The summed E-state index contributed by atoms with van der Waals surface area (Å²) in [6, 6.07) is 12.5. The Kier molecular flexibility index (Phi) is 6.24. The lowest BCUT2D eigenvalue weighted by molar-refractivity contribution is -0.115. The summed E-state index contributed by atoms with van der Waals surface area (Å²) in [7, 11) is 1.36. The van der Waals surface area contributed by atoms with Crippen LogP contribution in [0.3, 0.4) is 0 Å². The smallest absolute Gasteiger partial charge is 0.337 e. The van der Waals surface area contributed by atoms with E-state index in [0.717, 1.165) is 5.56 Å². The van der Waals surface area contributed by atoms with Crippen LogP contribution in [0.25, 0.3) is 0 Å². The van der Waals surface area contributed by atoms with Crippen molar-refractivity contribution in [3.8, 4) is 11.5 Å². The molecule has 6 nitrogen and oxygen atoms in total. The number of benzene rings is 2. The van der Waals surface area contributed by atoms with Crippen molar-refractivity contribution in [3.05, 3.63) is 53.6 Å². The van der Waals surface area contributed by atoms with E-state index in [9.17, 15) is 9.59 Å². The predicted molar refractivity (Wildman–Crippen MR) is 105 cm³/mol. The molecule has 1 atom stereocenters. The van der Waals surface area contributed by atoms with Crippen LogP contribution >= 0.6 is 11.8 Å². The highest BCUT2D eigenvalue weighted by Crippen LogP contribution is 2.32. The van der Waals surface area contributed by atoms with Gasteiger partial charge in [0.05, 0.1) is 17.9 Å². The summed E-state index contributed by atoms with van der Waals surface area (Å²) in [4.78, 5) is 23.9. The molecular weight excluding hydrogens is 366 g/mol. The van der Waals surface area contributed by atoms with Gasteiger partial charge in [0.25, 0.3) is 0 Å². The van der Waals surface area contributed by atoms with E-state index in [-0.39, 0.29) is 17.1 Å². The van der Waals surface area contributed by atoms with E-state index in [2.05, 4.69) is 10.1 Å². The third kappa shape index (κ3) is 4.95. The Hall–Kier alpha value is -2.67. The molecule has 0 aliphatic carbocycles. The summed E-state index contributed by atoms with van der Waals surface area (Å²) in [6.45, 7) is 2.90. The first-order valence-corrected chi connectivity index (χ1v) is 9.61. The van der Waals surface area contributed by atoms with Crippen LogP contribution in [0.15, 0.2) is 42.5 Å². The van der Waals surface area contributed by atoms with Crippen molar-refractivity contribution in [3.63, 3.8) is 0 Å². The van der Waals surface area contributed by atoms with Crippen molar-refractivity contribution >= 4 is 29.3 Å². The first-order valence-electron chi connectivity index (χ1n) is 8.56. The van der Waals surface area contributed by atoms with Gasteiger partial charge in [0.2, 0.25) is 5.91 Å². The van der Waals surface area contributed by atoms with Gasteiger partial charge in [0, 0.05) is 17.5 Å². The summed E-state index contributed by atoms with van der Waals surface area (Å²) in [6.07, 6.45) is 0. The first kappa shape index (κ1) is 19.1. The van der Waals surface area contributed by atoms with Crippen molar-refractivity contribution in [2.75, 3.05) is 25.6 Å². The number of hydrogen-bond acceptors (Lipinski definition) is 6. The molecule has 0 saturated heterocycles. The number of nitrogens with one attached hydrogen (secondary N) is 1. The normalized spacial score (nSPS) is 13.6. The molecular formula is C20H21NO5S. The quantitative estimate of drug-likeness (QED) is 0.765. The molecule has 0 spiro atoms. The van der Waals surface area contributed by atoms with Crippen LogP contribution in [0.4, 0.5) is 5.69 Å². The maximum absolute atomic E-state index is 12.4. The zero-order valence-electron chi connectivity index (χ0n) is 15.2. The van der Waals surface area contributed by atoms with Crippen LogP contribution in [-0.2, 0) is 15.3 Å². The molecule has 1 heterocycles. The van der Waals surface area contributed by atoms with Gasteiger partial charge in [-0.1, -0.05) is 12.1 Å². The average molecular weight is 387 g/mol. The molecule has 7 heteroatoms. The van der Waals surface area contributed by atoms with E-state index in [4.69, 9.17) is 9.47 Å². The molecule has 2 aromatic rings. The number of anilines is 1. The second-order valence-corrected chi connectivity index (χ2v) is 7.32. The van der Waals surface area contributed by atoms with Crippen LogP contribution in [0.5, 0.6) is 11.5 Å². The summed E-state index contributed by atoms with van der Waals surface area (Å²) in [5, 5.41) is 2.67. The molecule has 1 aliphatic heterocycles. The number of hydrogen-bond donors (Lipinski definition) is 1. The van der Waals surface area contributed by atoms with E-state index < -0.39 is 0 Å². The van der Waals surface area contributed by atoms with Crippen LogP contribution in [0.2, 0.25) is 0 Å². The number of thioether (sulfide) groups is 1. The molecule has 0 bridgehead atoms. The minimum atomic E-state index is -0.360. The van der Waals surface area contributed by atoms with Crippen molar-refractivity contribution in [2.45, 2.75) is 17.9 Å². The number of carbonyl (C=O) groups is 2. The molecule has 0 saturated carbocycles. The highest BCUT2D eigenvalue weighted by Gasteiger charge is 2.16. The van der Waals surface area contributed by atoms with Crippen LogP contribution in [0, 0.1) is 0 Å². The molecule has 1 amide bonds. The average Bonchev–Trinajstić information content (AvgIpc) is 2.71. The maximum Gasteiger partial charge on any atom is 0.337 e. The van der Waals surface area contributed by atoms with Crippen molar-refractivity contribution in [1.29, 1.82) is 0 Å². The standard InChI is InChI=1S/C20H21NO5S/c1-13(27-12-14-3-5-15(6-4-14)20(23)24-2)19(22)21-16-7-8-17-18(11-16)26-10-9-25-17/h3-8,11,13H,9-10,12H2,1-2H3,(H,21,22). The number of amides is 1. The van der Waals surface area contributed by atoms with E-state index in [1.807, 2.05) is 19.1 Å². The number of methoxy groups -OCH3 is 1. The van der Waals surface area contributed by atoms with Gasteiger partial charge in [-0.05, 0) is 36.8 Å². The Morgan fingerprint density at radius 3 is 2.52 bits per heavy atom. The largest absolute Gasteiger partial charge is 0.486 e. The number of rotatable bonds is 6. The van der Waals surface area contributed by atoms with Crippen molar-refractivity contribution in [1.82, 2.24) is 0 Å². The highest BCUT2D eigenvalue weighted by molar-refractivity contribution is 7.99. The van der Waals surface area contributed by atoms with Crippen LogP contribution in [0.1, 0.15) is 22.8 Å². The van der Waals surface area contributed by atoms with E-state index >= 15 is 0 Å². The van der Waals surface area contributed by atoms with Gasteiger partial charge in [-0.3, -0.25) is 4.79 Å². The number of esters is 1. The molecule has 27 heavy (non-hydrogen) atoms. The topological polar surface area (TPSA) is 73.9 Å². The molecule has 3 rings (SSSR count). The molecule has 1 unspecified atom stereocenters.